The lowest BCUT2D eigenvalue weighted by Gasteiger charge is -2.31. The number of rotatable bonds is 40. The molecule has 0 spiro atoms. The number of ether oxygens (including phenoxy) is 8. The van der Waals surface area contributed by atoms with Gasteiger partial charge in [-0.1, -0.05) is 103 Å². The van der Waals surface area contributed by atoms with Gasteiger partial charge in [0, 0.05) is 65.4 Å². The molecule has 2 rings (SSSR count). The topological polar surface area (TPSA) is 362 Å². The van der Waals surface area contributed by atoms with E-state index in [9.17, 15) is 38.4 Å². The maximum atomic E-state index is 15.2. The summed E-state index contributed by atoms with van der Waals surface area (Å²) in [4.78, 5) is 145. The normalized spacial score (nSPS) is 13.7. The maximum Gasteiger partial charge on any atom is 0.417 e. The van der Waals surface area contributed by atoms with E-state index in [4.69, 9.17) is 47.9 Å². The summed E-state index contributed by atoms with van der Waals surface area (Å²) >= 11 is 0. The maximum absolute atomic E-state index is 15.2. The number of guanidine groups is 4. The molecule has 2 aliphatic carbocycles. The summed E-state index contributed by atoms with van der Waals surface area (Å²) in [5.74, 6) is 0.685. The SMILES string of the molecule is CC(C)(C)OC(=O)NC(=NCCCCCCCCN(CCCCCCCCN=C(NC(=O)OC(C)(C)C)NC(=O)OC(C)(C)C)C(=O)N(CCCCCCCCN=C(NC(=O)OC(C)(C)C)N(CC1CC1)C(=O)OC(C)(C)C)CCCCCCCCN=C(NC(=O)OC(C)(C)C)N(CC1CC1)C(=O)OC(C)(C)C)NC(=O)OC(C)(C)C. The first-order chi connectivity index (χ1) is 53.7. The Morgan fingerprint density at radius 2 is 0.448 bits per heavy atom. The molecule has 0 aromatic rings. The summed E-state index contributed by atoms with van der Waals surface area (Å²) in [6.45, 7) is 46.9. The van der Waals surface area contributed by atoms with E-state index in [0.29, 0.717) is 78.3 Å². The van der Waals surface area contributed by atoms with E-state index in [1.807, 2.05) is 9.80 Å². The van der Waals surface area contributed by atoms with Crippen LogP contribution < -0.4 is 31.9 Å². The van der Waals surface area contributed by atoms with Crippen molar-refractivity contribution in [3.8, 4) is 0 Å². The highest BCUT2D eigenvalue weighted by molar-refractivity contribution is 6.03. The quantitative estimate of drug-likeness (QED) is 0.0144. The molecular weight excluding hydrogens is 1490 g/mol. The number of hydrogen-bond acceptors (Lipinski definition) is 21. The van der Waals surface area contributed by atoms with Gasteiger partial charge in [-0.25, -0.2) is 53.0 Å². The van der Waals surface area contributed by atoms with Gasteiger partial charge in [-0.3, -0.25) is 51.9 Å². The van der Waals surface area contributed by atoms with E-state index in [2.05, 4.69) is 41.9 Å². The fourth-order valence-corrected chi connectivity index (χ4v) is 11.3. The molecule has 10 amide bonds. The monoisotopic (exact) mass is 1650 g/mol. The summed E-state index contributed by atoms with van der Waals surface area (Å²) in [5.41, 5.74) is -6.15. The molecule has 2 aliphatic rings. The number of nitrogens with one attached hydrogen (secondary N) is 6. The Morgan fingerprint density at radius 1 is 0.259 bits per heavy atom. The fraction of sp³-hybridized carbons (Fsp3) is 0.847. The lowest BCUT2D eigenvalue weighted by atomic mass is 10.1. The van der Waals surface area contributed by atoms with Crippen molar-refractivity contribution in [1.29, 1.82) is 0 Å². The molecule has 116 heavy (non-hydrogen) atoms. The van der Waals surface area contributed by atoms with E-state index in [0.717, 1.165) is 167 Å². The van der Waals surface area contributed by atoms with E-state index in [1.165, 1.54) is 9.80 Å². The molecule has 0 heterocycles. The zero-order chi connectivity index (χ0) is 87.6. The van der Waals surface area contributed by atoms with Gasteiger partial charge >= 0.3 is 54.8 Å². The molecule has 6 N–H and O–H groups in total. The highest BCUT2D eigenvalue weighted by atomic mass is 16.6. The number of hydrogen-bond donors (Lipinski definition) is 6. The van der Waals surface area contributed by atoms with Crippen LogP contribution in [0.3, 0.4) is 0 Å². The molecule has 0 saturated heterocycles. The Bertz CT molecular complexity index is 2850. The van der Waals surface area contributed by atoms with E-state index in [1.54, 1.807) is 166 Å². The predicted octanol–water partition coefficient (Wildman–Crippen LogP) is 18.9. The fourth-order valence-electron chi connectivity index (χ4n) is 11.3. The summed E-state index contributed by atoms with van der Waals surface area (Å²) in [7, 11) is 0. The molecule has 31 nitrogen and oxygen atoms in total. The first kappa shape index (κ1) is 104. The molecule has 0 aliphatic heterocycles. The number of nitrogens with zero attached hydrogens (tertiary/aromatic N) is 8. The minimum atomic E-state index is -0.771. The van der Waals surface area contributed by atoms with Crippen LogP contribution >= 0.6 is 0 Å². The average Bonchev–Trinajstić information content (AvgIpc) is 1.66. The van der Waals surface area contributed by atoms with Crippen LogP contribution in [-0.2, 0) is 37.9 Å². The number of unbranched alkanes of at least 4 members (excludes halogenated alkanes) is 20. The number of aliphatic imine (C=N–C) groups is 4. The Balaban J connectivity index is 2.40. The van der Waals surface area contributed by atoms with Crippen LogP contribution in [0.15, 0.2) is 20.0 Å². The second kappa shape index (κ2) is 51.4. The van der Waals surface area contributed by atoms with E-state index < -0.39 is 93.6 Å². The lowest BCUT2D eigenvalue weighted by Crippen LogP contribution is -2.50. The summed E-state index contributed by atoms with van der Waals surface area (Å²) in [6.07, 6.45) is 18.8. The summed E-state index contributed by atoms with van der Waals surface area (Å²) in [5, 5.41) is 15.7. The van der Waals surface area contributed by atoms with Crippen molar-refractivity contribution in [3.63, 3.8) is 0 Å². The van der Waals surface area contributed by atoms with Gasteiger partial charge in [-0.2, -0.15) is 0 Å². The number of urea groups is 1. The number of amides is 10. The molecule has 0 bridgehead atoms. The van der Waals surface area contributed by atoms with Crippen molar-refractivity contribution in [3.05, 3.63) is 0 Å². The molecule has 0 aromatic carbocycles. The molecule has 0 unspecified atom stereocenters. The minimum Gasteiger partial charge on any atom is -0.444 e. The Labute approximate surface area is 696 Å². The van der Waals surface area contributed by atoms with Crippen LogP contribution in [-0.4, -0.2) is 208 Å². The molecule has 0 radical (unpaired) electrons. The molecule has 0 atom stereocenters. The van der Waals surface area contributed by atoms with Crippen molar-refractivity contribution in [2.45, 2.75) is 391 Å². The third-order valence-corrected chi connectivity index (χ3v) is 16.7. The molecule has 0 aromatic heterocycles. The number of carbonyl (C=O) groups is 9. The van der Waals surface area contributed by atoms with Gasteiger partial charge in [-0.15, -0.1) is 0 Å². The average molecular weight is 1650 g/mol. The van der Waals surface area contributed by atoms with Gasteiger partial charge in [-0.05, 0) is 255 Å². The molecule has 2 saturated carbocycles. The lowest BCUT2D eigenvalue weighted by molar-refractivity contribution is 0.0335. The van der Waals surface area contributed by atoms with Gasteiger partial charge < -0.3 is 47.7 Å². The predicted molar refractivity (Wildman–Crippen MR) is 456 cm³/mol. The second-order valence-corrected chi connectivity index (χ2v) is 38.4. The number of carbonyl (C=O) groups excluding carboxylic acids is 9. The first-order valence-electron chi connectivity index (χ1n) is 43.0. The van der Waals surface area contributed by atoms with Crippen molar-refractivity contribution in [2.24, 2.45) is 31.8 Å². The van der Waals surface area contributed by atoms with Crippen molar-refractivity contribution < 1.29 is 81.0 Å². The van der Waals surface area contributed by atoms with Crippen LogP contribution in [0.1, 0.15) is 346 Å². The Kier molecular flexibility index (Phi) is 46.2. The van der Waals surface area contributed by atoms with Crippen LogP contribution in [0.2, 0.25) is 0 Å². The summed E-state index contributed by atoms with van der Waals surface area (Å²) in [6, 6.07) is 0.0267. The van der Waals surface area contributed by atoms with Gasteiger partial charge in [0.25, 0.3) is 0 Å². The van der Waals surface area contributed by atoms with Crippen molar-refractivity contribution in [1.82, 2.24) is 51.5 Å². The van der Waals surface area contributed by atoms with E-state index in [-0.39, 0.29) is 41.7 Å². The second-order valence-electron chi connectivity index (χ2n) is 38.4. The highest BCUT2D eigenvalue weighted by Crippen LogP contribution is 2.32. The van der Waals surface area contributed by atoms with Gasteiger partial charge in [0.15, 0.2) is 0 Å². The largest absolute Gasteiger partial charge is 0.444 e. The smallest absolute Gasteiger partial charge is 0.417 e. The van der Waals surface area contributed by atoms with Gasteiger partial charge in [0.1, 0.15) is 44.8 Å². The van der Waals surface area contributed by atoms with Gasteiger partial charge in [0.05, 0.1) is 0 Å². The molecule has 668 valence electrons. The summed E-state index contributed by atoms with van der Waals surface area (Å²) < 4.78 is 44.4. The first-order valence-corrected chi connectivity index (χ1v) is 43.0. The van der Waals surface area contributed by atoms with Crippen molar-refractivity contribution in [2.75, 3.05) is 65.4 Å². The van der Waals surface area contributed by atoms with Crippen LogP contribution in [0.4, 0.5) is 43.2 Å². The van der Waals surface area contributed by atoms with Crippen molar-refractivity contribution >= 4 is 78.6 Å². The molecule has 31 heteroatoms. The third-order valence-electron chi connectivity index (χ3n) is 16.7. The zero-order valence-corrected chi connectivity index (χ0v) is 76.0. The van der Waals surface area contributed by atoms with Crippen LogP contribution in [0, 0.1) is 11.8 Å². The standard InChI is InChI=1S/C85H156N14O17/c1-78(2,3)109-69(100)90-65(91-70(101)110-79(4,5)6)86-53-41-33-25-29-37-45-57-96(58-46-38-30-26-34-42-54-87-66(92-71(102)111-80(7,8)9)93-72(103)112-81(10,11)12)75(106)97(59-47-39-31-27-35-43-55-88-67(94-73(104)113-82(13,14)15)98(61-63-49-50-63)76(107)115-84(19,20)21)60-48-40-32-28-36-44-56-89-68(95-74(105)114-83(16,17)18)99(62-64-51-52-64)77(108)116-85(22,23)24/h63-64H,25-62H2,1-24H3,(H,88,94,104)(H,89,95,105)(H2,86,90,91,100,101)(H2,87,92,93,102,103). The molecular formula is C85H156N14O17. The van der Waals surface area contributed by atoms with Crippen LogP contribution in [0.5, 0.6) is 0 Å². The van der Waals surface area contributed by atoms with E-state index >= 15 is 4.79 Å². The van der Waals surface area contributed by atoms with Gasteiger partial charge in [0.2, 0.25) is 23.8 Å². The Morgan fingerprint density at radius 3 is 0.655 bits per heavy atom. The van der Waals surface area contributed by atoms with Crippen LogP contribution in [0.25, 0.3) is 0 Å². The Hall–Kier alpha value is -7.89. The minimum absolute atomic E-state index is 0.0267. The molecule has 2 fully saturated rings. The number of alkyl carbamates (subject to hydrolysis) is 6. The highest BCUT2D eigenvalue weighted by Gasteiger charge is 2.37. The zero-order valence-electron chi connectivity index (χ0n) is 76.0. The third kappa shape index (κ3) is 58.0.